The highest BCUT2D eigenvalue weighted by Crippen LogP contribution is 2.42. The van der Waals surface area contributed by atoms with Crippen LogP contribution in [0.25, 0.3) is 65.9 Å². The molecule has 0 fully saturated rings. The van der Waals surface area contributed by atoms with Gasteiger partial charge in [0.1, 0.15) is 11.4 Å². The molecule has 10 nitrogen and oxygen atoms in total. The quantitative estimate of drug-likeness (QED) is 0.0347. The van der Waals surface area contributed by atoms with E-state index >= 15 is 0 Å². The van der Waals surface area contributed by atoms with Crippen molar-refractivity contribution in [3.63, 3.8) is 0 Å². The molecule has 0 spiro atoms. The van der Waals surface area contributed by atoms with E-state index in [2.05, 4.69) is 104 Å². The average Bonchev–Trinajstić information content (AvgIpc) is 4.32. The average molecular weight is 1030 g/mol. The maximum Gasteiger partial charge on any atom is 0.338 e. The van der Waals surface area contributed by atoms with Crippen LogP contribution in [0.4, 0.5) is 0 Å². The maximum atomic E-state index is 12.9. The number of carbonyl (C=O) groups is 2. The minimum Gasteiger partial charge on any atom is -0.462 e. The fraction of sp³-hybridized carbons (Fsp3) is 0.206. The Hall–Kier alpha value is -9.02. The monoisotopic (exact) mass is 1020 g/mol. The van der Waals surface area contributed by atoms with Crippen molar-refractivity contribution in [1.82, 2.24) is 9.13 Å². The smallest absolute Gasteiger partial charge is 0.338 e. The highest BCUT2D eigenvalue weighted by Gasteiger charge is 2.31. The largest absolute Gasteiger partial charge is 0.462 e. The van der Waals surface area contributed by atoms with Crippen LogP contribution in [0.15, 0.2) is 190 Å². The van der Waals surface area contributed by atoms with Crippen LogP contribution in [0.5, 0.6) is 0 Å². The molecule has 0 N–H and O–H groups in total. The molecule has 0 saturated carbocycles. The van der Waals surface area contributed by atoms with Gasteiger partial charge in [-0.05, 0) is 97.5 Å². The molecule has 12 rings (SSSR count). The van der Waals surface area contributed by atoms with Gasteiger partial charge in [0.2, 0.25) is 0 Å². The van der Waals surface area contributed by atoms with E-state index in [9.17, 15) is 9.59 Å². The molecule has 0 radical (unpaired) electrons. The summed E-state index contributed by atoms with van der Waals surface area (Å²) in [7, 11) is 0. The topological polar surface area (TPSA) is 112 Å². The number of aryl methyl sites for hydroxylation is 2. The molecule has 0 unspecified atom stereocenters. The predicted molar refractivity (Wildman–Crippen MR) is 318 cm³/mol. The van der Waals surface area contributed by atoms with Gasteiger partial charge in [0, 0.05) is 90.1 Å². The van der Waals surface area contributed by atoms with E-state index < -0.39 is 0 Å². The molecule has 0 bridgehead atoms. The summed E-state index contributed by atoms with van der Waals surface area (Å²) in [5.41, 5.74) is 16.8. The number of carbonyl (C=O) groups excluding carboxylic acids is 2. The number of hydrogen-bond donors (Lipinski definition) is 0. The summed E-state index contributed by atoms with van der Waals surface area (Å²) >= 11 is 0. The second-order valence-electron chi connectivity index (χ2n) is 20.1. The van der Waals surface area contributed by atoms with Gasteiger partial charge in [-0.2, -0.15) is 10.2 Å². The summed E-state index contributed by atoms with van der Waals surface area (Å²) in [6, 6.07) is 58.0. The number of para-hydroxylation sites is 2. The van der Waals surface area contributed by atoms with E-state index in [0.717, 1.165) is 93.0 Å². The molecule has 2 aliphatic carbocycles. The summed E-state index contributed by atoms with van der Waals surface area (Å²) in [6.45, 7) is 6.22. The third kappa shape index (κ3) is 9.42. The summed E-state index contributed by atoms with van der Waals surface area (Å²) in [4.78, 5) is 25.9. The summed E-state index contributed by atoms with van der Waals surface area (Å²) < 4.78 is 15.8. The number of unbranched alkanes of at least 4 members (excludes halogenated alkanes) is 7. The number of benzene rings is 8. The Morgan fingerprint density at radius 2 is 0.769 bits per heavy atom. The van der Waals surface area contributed by atoms with Gasteiger partial charge in [0.15, 0.2) is 0 Å². The third-order valence-electron chi connectivity index (χ3n) is 15.4. The molecule has 8 aromatic carbocycles. The molecular weight excluding hydrogens is 965 g/mol. The lowest BCUT2D eigenvalue weighted by Crippen LogP contribution is -2.07. The molecule has 2 heterocycles. The van der Waals surface area contributed by atoms with E-state index in [0.29, 0.717) is 24.3 Å². The molecule has 2 aliphatic rings. The van der Waals surface area contributed by atoms with Crippen molar-refractivity contribution in [2.24, 2.45) is 20.4 Å². The predicted octanol–water partition coefficient (Wildman–Crippen LogP) is 15.8. The van der Waals surface area contributed by atoms with Crippen molar-refractivity contribution in [2.75, 3.05) is 13.2 Å². The summed E-state index contributed by atoms with van der Waals surface area (Å²) in [5.74, 6) is -0.668. The zero-order chi connectivity index (χ0) is 53.0. The fourth-order valence-corrected chi connectivity index (χ4v) is 11.9. The van der Waals surface area contributed by atoms with Gasteiger partial charge in [0.05, 0.1) is 36.8 Å². The second-order valence-corrected chi connectivity index (χ2v) is 20.1. The molecule has 0 aliphatic heterocycles. The first-order valence-electron chi connectivity index (χ1n) is 27.5. The number of nitrogens with zero attached hydrogens (tertiary/aromatic N) is 6. The van der Waals surface area contributed by atoms with Crippen molar-refractivity contribution in [3.05, 3.63) is 214 Å². The van der Waals surface area contributed by atoms with Crippen molar-refractivity contribution < 1.29 is 19.1 Å². The molecule has 2 aromatic heterocycles. The SMILES string of the molecule is CCOC(=O)c1cccc2c1-c1ccccc1C2=NN=Cc1ccc2c(c1)c1ccccc1n2CCCCCCCCCCn1c2ccccc2c2cc(C=NN=C3c4ccccc4-c4c(C(=O)OCC)cccc43)ccc21. The van der Waals surface area contributed by atoms with Gasteiger partial charge < -0.3 is 18.6 Å². The van der Waals surface area contributed by atoms with Crippen molar-refractivity contribution in [1.29, 1.82) is 0 Å². The van der Waals surface area contributed by atoms with Crippen molar-refractivity contribution in [2.45, 2.75) is 78.3 Å². The van der Waals surface area contributed by atoms with Crippen molar-refractivity contribution in [3.8, 4) is 22.3 Å². The van der Waals surface area contributed by atoms with Crippen LogP contribution in [0.2, 0.25) is 0 Å². The van der Waals surface area contributed by atoms with Crippen LogP contribution in [-0.4, -0.2) is 58.1 Å². The minimum absolute atomic E-state index is 0.314. The molecule has 0 atom stereocenters. The highest BCUT2D eigenvalue weighted by molar-refractivity contribution is 6.28. The standard InChI is InChI=1S/C68H60N6O4/c1-3-77-67(75)55-31-21-29-53-63(55)49-25-11-13-27-51(49)65(53)71-69-43-45-35-37-61-57(41-45)47-23-15-17-33-59(47)73(61)39-19-9-7-5-6-8-10-20-40-74-60-34-18-16-24-48(60)58-42-46(36-38-62(58)74)44-70-72-66-52-28-14-12-26-50(52)64-54(66)30-22-32-56(64)68(76)78-4-2/h11-18,21-38,41-44H,3-10,19-20,39-40H2,1-2H3. The summed E-state index contributed by atoms with van der Waals surface area (Å²) in [6.07, 6.45) is 13.3. The second kappa shape index (κ2) is 22.3. The van der Waals surface area contributed by atoms with Gasteiger partial charge in [-0.25, -0.2) is 9.59 Å². The van der Waals surface area contributed by atoms with Gasteiger partial charge >= 0.3 is 11.9 Å². The van der Waals surface area contributed by atoms with E-state index in [-0.39, 0.29) is 11.9 Å². The normalized spacial score (nSPS) is 13.7. The highest BCUT2D eigenvalue weighted by atomic mass is 16.5. The van der Waals surface area contributed by atoms with Crippen LogP contribution in [0, 0.1) is 0 Å². The zero-order valence-corrected chi connectivity index (χ0v) is 44.1. The Bertz CT molecular complexity index is 3820. The first kappa shape index (κ1) is 49.8. The molecule has 386 valence electrons. The molecule has 10 heteroatoms. The Morgan fingerprint density at radius 1 is 0.397 bits per heavy atom. The van der Waals surface area contributed by atoms with Gasteiger partial charge in [-0.3, -0.25) is 0 Å². The molecule has 0 amide bonds. The molecule has 10 aromatic rings. The summed E-state index contributed by atoms with van der Waals surface area (Å²) in [5, 5.41) is 23.7. The van der Waals surface area contributed by atoms with Crippen LogP contribution >= 0.6 is 0 Å². The Balaban J connectivity index is 0.646. The fourth-order valence-electron chi connectivity index (χ4n) is 11.9. The lowest BCUT2D eigenvalue weighted by Gasteiger charge is -2.09. The first-order valence-corrected chi connectivity index (χ1v) is 27.5. The van der Waals surface area contributed by atoms with Crippen LogP contribution < -0.4 is 0 Å². The van der Waals surface area contributed by atoms with Gasteiger partial charge in [-0.1, -0.05) is 160 Å². The minimum atomic E-state index is -0.334. The van der Waals surface area contributed by atoms with E-state index in [1.54, 1.807) is 0 Å². The van der Waals surface area contributed by atoms with Crippen LogP contribution in [0.1, 0.15) is 119 Å². The van der Waals surface area contributed by atoms with E-state index in [1.807, 2.05) is 111 Å². The Labute approximate surface area is 454 Å². The maximum absolute atomic E-state index is 12.9. The van der Waals surface area contributed by atoms with Gasteiger partial charge in [-0.15, -0.1) is 10.2 Å². The van der Waals surface area contributed by atoms with E-state index in [1.165, 1.54) is 82.1 Å². The number of rotatable bonds is 19. The number of hydrogen-bond acceptors (Lipinski definition) is 8. The molecule has 0 saturated heterocycles. The third-order valence-corrected chi connectivity index (χ3v) is 15.4. The molecular formula is C68H60N6O4. The van der Waals surface area contributed by atoms with E-state index in [4.69, 9.17) is 19.7 Å². The molecule has 78 heavy (non-hydrogen) atoms. The number of aromatic nitrogens is 2. The zero-order valence-electron chi connectivity index (χ0n) is 44.1. The number of ether oxygens (including phenoxy) is 2. The lowest BCUT2D eigenvalue weighted by atomic mass is 9.99. The number of esters is 2. The van der Waals surface area contributed by atoms with Gasteiger partial charge in [0.25, 0.3) is 0 Å². The van der Waals surface area contributed by atoms with Crippen molar-refractivity contribution >= 4 is 79.4 Å². The van der Waals surface area contributed by atoms with Crippen LogP contribution in [0.3, 0.4) is 0 Å². The van der Waals surface area contributed by atoms with Crippen LogP contribution in [-0.2, 0) is 22.6 Å². The first-order chi connectivity index (χ1) is 38.5. The Morgan fingerprint density at radius 3 is 1.21 bits per heavy atom. The Kier molecular flexibility index (Phi) is 14.2. The number of fused-ring (bicyclic) bond motifs is 12. The lowest BCUT2D eigenvalue weighted by molar-refractivity contribution is 0.0517.